The van der Waals surface area contributed by atoms with Crippen LogP contribution in [0.3, 0.4) is 0 Å². The molecule has 3 rings (SSSR count). The predicted octanol–water partition coefficient (Wildman–Crippen LogP) is 2.30. The van der Waals surface area contributed by atoms with Gasteiger partial charge in [0.1, 0.15) is 0 Å². The van der Waals surface area contributed by atoms with Gasteiger partial charge in [-0.15, -0.1) is 0 Å². The third kappa shape index (κ3) is 3.66. The number of ether oxygens (including phenoxy) is 1. The number of amides is 2. The van der Waals surface area contributed by atoms with E-state index < -0.39 is 23.7 Å². The minimum Gasteiger partial charge on any atom is -0.494 e. The van der Waals surface area contributed by atoms with Crippen LogP contribution in [0.1, 0.15) is 34.5 Å². The number of hydrogen-bond acceptors (Lipinski definition) is 4. The van der Waals surface area contributed by atoms with Gasteiger partial charge in [0, 0.05) is 24.7 Å². The lowest BCUT2D eigenvalue weighted by atomic mass is 10.0. The zero-order valence-corrected chi connectivity index (χ0v) is 15.4. The topological polar surface area (TPSA) is 95.9 Å². The summed E-state index contributed by atoms with van der Waals surface area (Å²) in [4.78, 5) is 37.4. The molecule has 2 amide bonds. The number of nitrogens with one attached hydrogen (secondary N) is 1. The highest BCUT2D eigenvalue weighted by atomic mass is 19.1. The normalized spacial score (nSPS) is 13.6. The SMILES string of the molecule is COc1ccc(C(NC(=O)c2ccc3c(c2)CCN3C(C)=O)C(=O)O)cc1F. The number of carbonyl (C=O) groups is 3. The van der Waals surface area contributed by atoms with Crippen molar-refractivity contribution in [2.75, 3.05) is 18.6 Å². The van der Waals surface area contributed by atoms with Gasteiger partial charge in [0.15, 0.2) is 17.6 Å². The van der Waals surface area contributed by atoms with Crippen LogP contribution in [0, 0.1) is 5.82 Å². The number of carboxylic acids is 1. The highest BCUT2D eigenvalue weighted by Gasteiger charge is 2.26. The molecule has 1 unspecified atom stereocenters. The average Bonchev–Trinajstić information content (AvgIpc) is 3.09. The number of benzene rings is 2. The quantitative estimate of drug-likeness (QED) is 0.822. The van der Waals surface area contributed by atoms with Crippen LogP contribution in [0.25, 0.3) is 0 Å². The summed E-state index contributed by atoms with van der Waals surface area (Å²) < 4.78 is 18.7. The molecule has 146 valence electrons. The Hall–Kier alpha value is -3.42. The second-order valence-corrected chi connectivity index (χ2v) is 6.40. The van der Waals surface area contributed by atoms with Crippen molar-refractivity contribution in [3.8, 4) is 5.75 Å². The summed E-state index contributed by atoms with van der Waals surface area (Å²) >= 11 is 0. The fourth-order valence-corrected chi connectivity index (χ4v) is 3.23. The monoisotopic (exact) mass is 386 g/mol. The molecule has 0 spiro atoms. The molecule has 2 N–H and O–H groups in total. The summed E-state index contributed by atoms with van der Waals surface area (Å²) in [6, 6.07) is 7.12. The van der Waals surface area contributed by atoms with Crippen molar-refractivity contribution >= 4 is 23.5 Å². The molecule has 2 aromatic carbocycles. The van der Waals surface area contributed by atoms with E-state index in [9.17, 15) is 23.9 Å². The Kier molecular flexibility index (Phi) is 5.30. The molecule has 1 atom stereocenters. The first kappa shape index (κ1) is 19.3. The largest absolute Gasteiger partial charge is 0.494 e. The molecule has 0 fully saturated rings. The first-order chi connectivity index (χ1) is 13.3. The van der Waals surface area contributed by atoms with E-state index >= 15 is 0 Å². The summed E-state index contributed by atoms with van der Waals surface area (Å²) in [5.41, 5.74) is 1.94. The van der Waals surface area contributed by atoms with E-state index in [0.717, 1.165) is 17.3 Å². The third-order valence-corrected chi connectivity index (χ3v) is 4.65. The van der Waals surface area contributed by atoms with Crippen LogP contribution >= 0.6 is 0 Å². The maximum Gasteiger partial charge on any atom is 0.330 e. The number of hydrogen-bond donors (Lipinski definition) is 2. The molecule has 0 saturated heterocycles. The first-order valence-corrected chi connectivity index (χ1v) is 8.60. The van der Waals surface area contributed by atoms with Crippen molar-refractivity contribution < 1.29 is 28.6 Å². The molecular formula is C20H19FN2O5. The second-order valence-electron chi connectivity index (χ2n) is 6.40. The van der Waals surface area contributed by atoms with Gasteiger partial charge in [-0.1, -0.05) is 6.07 Å². The maximum absolute atomic E-state index is 13.9. The summed E-state index contributed by atoms with van der Waals surface area (Å²) in [5.74, 6) is -2.74. The molecule has 28 heavy (non-hydrogen) atoms. The number of rotatable bonds is 5. The van der Waals surface area contributed by atoms with Crippen LogP contribution in [-0.2, 0) is 16.0 Å². The third-order valence-electron chi connectivity index (χ3n) is 4.65. The molecule has 0 bridgehead atoms. The van der Waals surface area contributed by atoms with Gasteiger partial charge in [-0.3, -0.25) is 9.59 Å². The Morgan fingerprint density at radius 1 is 1.21 bits per heavy atom. The van der Waals surface area contributed by atoms with Gasteiger partial charge in [-0.05, 0) is 47.9 Å². The van der Waals surface area contributed by atoms with Crippen LogP contribution in [0.5, 0.6) is 5.75 Å². The van der Waals surface area contributed by atoms with Gasteiger partial charge in [-0.2, -0.15) is 0 Å². The van der Waals surface area contributed by atoms with E-state index in [-0.39, 0.29) is 22.8 Å². The van der Waals surface area contributed by atoms with Crippen LogP contribution < -0.4 is 15.0 Å². The number of halogens is 1. The van der Waals surface area contributed by atoms with E-state index in [1.807, 2.05) is 0 Å². The van der Waals surface area contributed by atoms with E-state index in [1.54, 1.807) is 17.0 Å². The van der Waals surface area contributed by atoms with Crippen LogP contribution in [0.2, 0.25) is 0 Å². The van der Waals surface area contributed by atoms with E-state index in [0.29, 0.717) is 13.0 Å². The zero-order valence-electron chi connectivity index (χ0n) is 15.4. The van der Waals surface area contributed by atoms with Gasteiger partial charge < -0.3 is 20.1 Å². The molecule has 2 aromatic rings. The molecular weight excluding hydrogens is 367 g/mol. The smallest absolute Gasteiger partial charge is 0.330 e. The standard InChI is InChI=1S/C20H19FN2O5/c1-11(24)23-8-7-12-9-14(3-5-16(12)23)19(25)22-18(20(26)27)13-4-6-17(28-2)15(21)10-13/h3-6,9-10,18H,7-8H2,1-2H3,(H,22,25)(H,26,27). The lowest BCUT2D eigenvalue weighted by molar-refractivity contribution is -0.139. The number of anilines is 1. The average molecular weight is 386 g/mol. The van der Waals surface area contributed by atoms with Crippen molar-refractivity contribution in [2.45, 2.75) is 19.4 Å². The van der Waals surface area contributed by atoms with E-state index in [2.05, 4.69) is 5.32 Å². The molecule has 0 aromatic heterocycles. The van der Waals surface area contributed by atoms with Crippen molar-refractivity contribution in [2.24, 2.45) is 0 Å². The highest BCUT2D eigenvalue weighted by Crippen LogP contribution is 2.29. The van der Waals surface area contributed by atoms with E-state index in [4.69, 9.17) is 4.74 Å². The van der Waals surface area contributed by atoms with Gasteiger partial charge in [-0.25, -0.2) is 9.18 Å². The van der Waals surface area contributed by atoms with Crippen LogP contribution in [-0.4, -0.2) is 36.5 Å². The van der Waals surface area contributed by atoms with Gasteiger partial charge >= 0.3 is 5.97 Å². The Morgan fingerprint density at radius 2 is 1.96 bits per heavy atom. The summed E-state index contributed by atoms with van der Waals surface area (Å²) in [5, 5.41) is 11.9. The maximum atomic E-state index is 13.9. The lowest BCUT2D eigenvalue weighted by Crippen LogP contribution is -2.33. The van der Waals surface area contributed by atoms with Gasteiger partial charge in [0.2, 0.25) is 5.91 Å². The Bertz CT molecular complexity index is 960. The molecule has 0 saturated carbocycles. The minimum absolute atomic E-state index is 0.0205. The fourth-order valence-electron chi connectivity index (χ4n) is 3.23. The molecule has 7 nitrogen and oxygen atoms in total. The van der Waals surface area contributed by atoms with Crippen LogP contribution in [0.4, 0.5) is 10.1 Å². The van der Waals surface area contributed by atoms with Gasteiger partial charge in [0.05, 0.1) is 7.11 Å². The molecule has 0 radical (unpaired) electrons. The highest BCUT2D eigenvalue weighted by molar-refractivity contribution is 5.99. The first-order valence-electron chi connectivity index (χ1n) is 8.60. The predicted molar refractivity (Wildman–Crippen MR) is 99.0 cm³/mol. The summed E-state index contributed by atoms with van der Waals surface area (Å²) in [7, 11) is 1.30. The number of nitrogens with zero attached hydrogens (tertiary/aromatic N) is 1. The molecule has 0 aliphatic carbocycles. The second kappa shape index (κ2) is 7.67. The number of fused-ring (bicyclic) bond motifs is 1. The summed E-state index contributed by atoms with van der Waals surface area (Å²) in [6.45, 7) is 2.01. The van der Waals surface area contributed by atoms with Crippen molar-refractivity contribution in [3.63, 3.8) is 0 Å². The number of carboxylic acid groups (broad SMARTS) is 1. The fraction of sp³-hybridized carbons (Fsp3) is 0.250. The van der Waals surface area contributed by atoms with Crippen molar-refractivity contribution in [1.82, 2.24) is 5.32 Å². The molecule has 1 aliphatic rings. The number of carbonyl (C=O) groups excluding carboxylic acids is 2. The molecule has 1 aliphatic heterocycles. The van der Waals surface area contributed by atoms with E-state index in [1.165, 1.54) is 32.2 Å². The number of aliphatic carboxylic acids is 1. The minimum atomic E-state index is -1.42. The zero-order chi connectivity index (χ0) is 20.4. The van der Waals surface area contributed by atoms with Gasteiger partial charge in [0.25, 0.3) is 5.91 Å². The lowest BCUT2D eigenvalue weighted by Gasteiger charge is -2.17. The van der Waals surface area contributed by atoms with Crippen molar-refractivity contribution in [3.05, 3.63) is 58.9 Å². The Balaban J connectivity index is 1.83. The Labute approximate surface area is 160 Å². The molecule has 8 heteroatoms. The van der Waals surface area contributed by atoms with Crippen LogP contribution in [0.15, 0.2) is 36.4 Å². The van der Waals surface area contributed by atoms with Crippen molar-refractivity contribution in [1.29, 1.82) is 0 Å². The summed E-state index contributed by atoms with van der Waals surface area (Å²) in [6.07, 6.45) is 0.613. The Morgan fingerprint density at radius 3 is 2.57 bits per heavy atom. The molecule has 1 heterocycles. The number of methoxy groups -OCH3 is 1.